The third-order valence-electron chi connectivity index (χ3n) is 1.30. The van der Waals surface area contributed by atoms with Crippen LogP contribution in [0.25, 0.3) is 0 Å². The molecule has 1 amide bonds. The average molecular weight is 173 g/mol. The number of amides is 1. The fourth-order valence-corrected chi connectivity index (χ4v) is 0.759. The van der Waals surface area contributed by atoms with Gasteiger partial charge in [-0.3, -0.25) is 4.79 Å². The van der Waals surface area contributed by atoms with Crippen LogP contribution in [0.2, 0.25) is 0 Å². The minimum atomic E-state index is -0.753. The van der Waals surface area contributed by atoms with Gasteiger partial charge in [-0.05, 0) is 5.92 Å². The van der Waals surface area contributed by atoms with E-state index in [9.17, 15) is 9.59 Å². The van der Waals surface area contributed by atoms with E-state index < -0.39 is 6.04 Å². The molecular formula is C8H15NO3. The van der Waals surface area contributed by atoms with Crippen molar-refractivity contribution in [2.24, 2.45) is 5.92 Å². The topological polar surface area (TPSA) is 66.4 Å². The van der Waals surface area contributed by atoms with Gasteiger partial charge in [-0.2, -0.15) is 0 Å². The van der Waals surface area contributed by atoms with E-state index in [0.29, 0.717) is 12.7 Å². The van der Waals surface area contributed by atoms with Crippen molar-refractivity contribution in [3.8, 4) is 0 Å². The maximum absolute atomic E-state index is 11.0. The first-order valence-corrected chi connectivity index (χ1v) is 3.95. The highest BCUT2D eigenvalue weighted by molar-refractivity contribution is 5.79. The average Bonchev–Trinajstić information content (AvgIpc) is 1.98. The van der Waals surface area contributed by atoms with Crippen LogP contribution in [-0.2, 0) is 9.59 Å². The number of carbonyl (C=O) groups is 2. The molecule has 0 saturated heterocycles. The number of aliphatic hydroxyl groups is 1. The van der Waals surface area contributed by atoms with Crippen LogP contribution < -0.4 is 5.32 Å². The molecule has 1 atom stereocenters. The lowest BCUT2D eigenvalue weighted by atomic mass is 10.1. The molecule has 4 nitrogen and oxygen atoms in total. The van der Waals surface area contributed by atoms with Crippen molar-refractivity contribution in [3.63, 3.8) is 0 Å². The molecule has 0 aromatic rings. The zero-order valence-electron chi connectivity index (χ0n) is 7.41. The summed E-state index contributed by atoms with van der Waals surface area (Å²) in [5.74, 6) is 0.0622. The van der Waals surface area contributed by atoms with Crippen molar-refractivity contribution in [2.45, 2.75) is 26.3 Å². The first-order chi connectivity index (χ1) is 5.60. The maximum atomic E-state index is 11.0. The number of rotatable bonds is 5. The van der Waals surface area contributed by atoms with Crippen LogP contribution in [0.15, 0.2) is 0 Å². The maximum Gasteiger partial charge on any atom is 0.220 e. The van der Waals surface area contributed by atoms with Crippen LogP contribution in [0, 0.1) is 5.92 Å². The summed E-state index contributed by atoms with van der Waals surface area (Å²) in [4.78, 5) is 21.2. The van der Waals surface area contributed by atoms with E-state index in [2.05, 4.69) is 5.32 Å². The number of carbonyl (C=O) groups excluding carboxylic acids is 2. The van der Waals surface area contributed by atoms with Gasteiger partial charge in [0.1, 0.15) is 12.3 Å². The molecule has 70 valence electrons. The van der Waals surface area contributed by atoms with Gasteiger partial charge in [-0.1, -0.05) is 13.8 Å². The van der Waals surface area contributed by atoms with Crippen molar-refractivity contribution in [1.29, 1.82) is 0 Å². The Balaban J connectivity index is 3.74. The summed E-state index contributed by atoms with van der Waals surface area (Å²) < 4.78 is 0. The predicted molar refractivity (Wildman–Crippen MR) is 44.5 cm³/mol. The lowest BCUT2D eigenvalue weighted by molar-refractivity contribution is -0.125. The van der Waals surface area contributed by atoms with Crippen LogP contribution in [0.5, 0.6) is 0 Å². The quantitative estimate of drug-likeness (QED) is 0.561. The molecule has 4 heteroatoms. The minimum Gasteiger partial charge on any atom is -0.394 e. The third-order valence-corrected chi connectivity index (χ3v) is 1.30. The number of nitrogens with one attached hydrogen (secondary N) is 1. The van der Waals surface area contributed by atoms with E-state index in [1.807, 2.05) is 13.8 Å². The van der Waals surface area contributed by atoms with E-state index in [-0.39, 0.29) is 18.4 Å². The van der Waals surface area contributed by atoms with E-state index in [0.717, 1.165) is 0 Å². The van der Waals surface area contributed by atoms with Gasteiger partial charge in [0.2, 0.25) is 5.91 Å². The smallest absolute Gasteiger partial charge is 0.220 e. The standard InChI is InChI=1S/C8H15NO3/c1-6(2)3-8(12)9-7(4-10)5-11/h4,6-7,11H,3,5H2,1-2H3,(H,9,12)/t7-/m0/s1. The van der Waals surface area contributed by atoms with Crippen LogP contribution in [-0.4, -0.2) is 29.9 Å². The third kappa shape index (κ3) is 4.85. The largest absolute Gasteiger partial charge is 0.394 e. The number of aldehydes is 1. The Kier molecular flexibility index (Phi) is 5.28. The van der Waals surface area contributed by atoms with Gasteiger partial charge in [0.15, 0.2) is 0 Å². The molecule has 0 aromatic carbocycles. The van der Waals surface area contributed by atoms with E-state index in [1.165, 1.54) is 0 Å². The fraction of sp³-hybridized carbons (Fsp3) is 0.750. The minimum absolute atomic E-state index is 0.198. The monoisotopic (exact) mass is 173 g/mol. The highest BCUT2D eigenvalue weighted by atomic mass is 16.3. The van der Waals surface area contributed by atoms with Gasteiger partial charge >= 0.3 is 0 Å². The second-order valence-corrected chi connectivity index (χ2v) is 3.09. The van der Waals surface area contributed by atoms with Gasteiger partial charge < -0.3 is 15.2 Å². The Morgan fingerprint density at radius 1 is 1.58 bits per heavy atom. The van der Waals surface area contributed by atoms with Gasteiger partial charge in [0.05, 0.1) is 6.61 Å². The highest BCUT2D eigenvalue weighted by Crippen LogP contribution is 1.98. The van der Waals surface area contributed by atoms with Gasteiger partial charge in [-0.15, -0.1) is 0 Å². The SMILES string of the molecule is CC(C)CC(=O)N[C@@H](C=O)CO. The van der Waals surface area contributed by atoms with Crippen LogP contribution >= 0.6 is 0 Å². The molecule has 0 rings (SSSR count). The van der Waals surface area contributed by atoms with Crippen molar-refractivity contribution in [3.05, 3.63) is 0 Å². The summed E-state index contributed by atoms with van der Waals surface area (Å²) in [5, 5.41) is 11.0. The molecule has 0 aliphatic carbocycles. The van der Waals surface area contributed by atoms with Crippen LogP contribution in [0.1, 0.15) is 20.3 Å². The molecule has 0 aliphatic rings. The number of hydrogen-bond donors (Lipinski definition) is 2. The summed E-state index contributed by atoms with van der Waals surface area (Å²) in [6.07, 6.45) is 0.905. The molecule has 0 saturated carbocycles. The zero-order valence-corrected chi connectivity index (χ0v) is 7.41. The lowest BCUT2D eigenvalue weighted by Gasteiger charge is -2.10. The second kappa shape index (κ2) is 5.71. The van der Waals surface area contributed by atoms with Crippen molar-refractivity contribution in [1.82, 2.24) is 5.32 Å². The molecule has 0 unspecified atom stereocenters. The summed E-state index contributed by atoms with van der Waals surface area (Å²) in [6.45, 7) is 3.48. The van der Waals surface area contributed by atoms with Crippen LogP contribution in [0.3, 0.4) is 0 Å². The normalized spacial score (nSPS) is 12.7. The second-order valence-electron chi connectivity index (χ2n) is 3.09. The summed E-state index contributed by atoms with van der Waals surface area (Å²) in [5.41, 5.74) is 0. The van der Waals surface area contributed by atoms with Crippen molar-refractivity contribution in [2.75, 3.05) is 6.61 Å². The zero-order chi connectivity index (χ0) is 9.56. The highest BCUT2D eigenvalue weighted by Gasteiger charge is 2.10. The molecule has 0 spiro atoms. The Morgan fingerprint density at radius 3 is 2.50 bits per heavy atom. The first-order valence-electron chi connectivity index (χ1n) is 3.95. The van der Waals surface area contributed by atoms with Crippen molar-refractivity contribution >= 4 is 12.2 Å². The number of aliphatic hydroxyl groups excluding tert-OH is 1. The Hall–Kier alpha value is -0.900. The number of hydrogen-bond acceptors (Lipinski definition) is 3. The summed E-state index contributed by atoms with van der Waals surface area (Å²) >= 11 is 0. The van der Waals surface area contributed by atoms with Gasteiger partial charge in [-0.25, -0.2) is 0 Å². The molecule has 0 fully saturated rings. The van der Waals surface area contributed by atoms with Gasteiger partial charge in [0.25, 0.3) is 0 Å². The lowest BCUT2D eigenvalue weighted by Crippen LogP contribution is -2.38. The summed E-state index contributed by atoms with van der Waals surface area (Å²) in [7, 11) is 0. The predicted octanol–water partition coefficient (Wildman–Crippen LogP) is -0.292. The molecule has 0 aliphatic heterocycles. The molecule has 0 radical (unpaired) electrons. The van der Waals surface area contributed by atoms with E-state index >= 15 is 0 Å². The summed E-state index contributed by atoms with van der Waals surface area (Å²) in [6, 6.07) is -0.753. The Bertz CT molecular complexity index is 156. The van der Waals surface area contributed by atoms with Gasteiger partial charge in [0, 0.05) is 6.42 Å². The van der Waals surface area contributed by atoms with Crippen molar-refractivity contribution < 1.29 is 14.7 Å². The Morgan fingerprint density at radius 2 is 2.17 bits per heavy atom. The van der Waals surface area contributed by atoms with E-state index in [4.69, 9.17) is 5.11 Å². The molecule has 2 N–H and O–H groups in total. The molecule has 0 heterocycles. The molecule has 0 aromatic heterocycles. The fourth-order valence-electron chi connectivity index (χ4n) is 0.759. The van der Waals surface area contributed by atoms with E-state index in [1.54, 1.807) is 0 Å². The molecular weight excluding hydrogens is 158 g/mol. The molecule has 0 bridgehead atoms. The Labute approximate surface area is 72.0 Å². The first kappa shape index (κ1) is 11.1. The van der Waals surface area contributed by atoms with Crippen LogP contribution in [0.4, 0.5) is 0 Å². The molecule has 12 heavy (non-hydrogen) atoms.